The number of hydrogen-bond acceptors (Lipinski definition) is 4. The van der Waals surface area contributed by atoms with E-state index in [9.17, 15) is 0 Å². The lowest BCUT2D eigenvalue weighted by Crippen LogP contribution is -2.30. The van der Waals surface area contributed by atoms with Gasteiger partial charge in [0.15, 0.2) is 11.6 Å². The molecule has 0 N–H and O–H groups in total. The Morgan fingerprint density at radius 1 is 1.18 bits per heavy atom. The summed E-state index contributed by atoms with van der Waals surface area (Å²) in [6.45, 7) is 5.58. The maximum absolute atomic E-state index is 6.21. The molecule has 0 bridgehead atoms. The number of aromatic nitrogens is 3. The fraction of sp³-hybridized carbons (Fsp3) is 0.500. The minimum absolute atomic E-state index is 0.444. The monoisotopic (exact) mass is 318 g/mol. The molecule has 0 aliphatic carbocycles. The first kappa shape index (κ1) is 14.0. The highest BCUT2D eigenvalue weighted by molar-refractivity contribution is 6.31. The second kappa shape index (κ2) is 5.56. The minimum Gasteiger partial charge on any atom is -0.483 e. The maximum atomic E-state index is 6.21. The SMILES string of the molecule is Cc1cc2c(cc1Cl)OCc1nnc(CN3CCCCC3)n1-2. The zero-order valence-corrected chi connectivity index (χ0v) is 13.4. The molecule has 2 aliphatic heterocycles. The van der Waals surface area contributed by atoms with Crippen LogP contribution in [-0.4, -0.2) is 32.8 Å². The van der Waals surface area contributed by atoms with Crippen LogP contribution < -0.4 is 4.74 Å². The van der Waals surface area contributed by atoms with Gasteiger partial charge in [-0.15, -0.1) is 10.2 Å². The first-order valence-electron chi connectivity index (χ1n) is 7.81. The maximum Gasteiger partial charge on any atom is 0.175 e. The largest absolute Gasteiger partial charge is 0.483 e. The van der Waals surface area contributed by atoms with Crippen LogP contribution in [0.5, 0.6) is 5.75 Å². The molecule has 0 spiro atoms. The molecule has 2 aromatic rings. The van der Waals surface area contributed by atoms with Crippen LogP contribution in [0.1, 0.15) is 36.5 Å². The molecule has 1 aromatic heterocycles. The average molecular weight is 319 g/mol. The molecule has 3 heterocycles. The molecule has 4 rings (SSSR count). The van der Waals surface area contributed by atoms with Gasteiger partial charge in [0.05, 0.1) is 12.2 Å². The van der Waals surface area contributed by atoms with Crippen molar-refractivity contribution in [3.05, 3.63) is 34.4 Å². The van der Waals surface area contributed by atoms with E-state index in [-0.39, 0.29) is 0 Å². The van der Waals surface area contributed by atoms with Gasteiger partial charge in [0.2, 0.25) is 0 Å². The molecular formula is C16H19ClN4O. The van der Waals surface area contributed by atoms with Crippen LogP contribution in [0.4, 0.5) is 0 Å². The standard InChI is InChI=1S/C16H19ClN4O/c1-11-7-13-14(8-12(11)17)22-10-16-19-18-15(21(13)16)9-20-5-3-2-4-6-20/h7-8H,2-6,9-10H2,1H3. The summed E-state index contributed by atoms with van der Waals surface area (Å²) in [7, 11) is 0. The second-order valence-electron chi connectivity index (χ2n) is 6.06. The summed E-state index contributed by atoms with van der Waals surface area (Å²) >= 11 is 6.21. The van der Waals surface area contributed by atoms with Gasteiger partial charge in [-0.05, 0) is 44.5 Å². The van der Waals surface area contributed by atoms with E-state index >= 15 is 0 Å². The molecule has 0 amide bonds. The third-order valence-corrected chi connectivity index (χ3v) is 4.86. The fourth-order valence-electron chi connectivity index (χ4n) is 3.23. The van der Waals surface area contributed by atoms with Crippen LogP contribution in [-0.2, 0) is 13.2 Å². The van der Waals surface area contributed by atoms with E-state index in [1.165, 1.54) is 19.3 Å². The van der Waals surface area contributed by atoms with Gasteiger partial charge in [0, 0.05) is 11.1 Å². The molecule has 6 heteroatoms. The number of piperidine rings is 1. The van der Waals surface area contributed by atoms with Crippen LogP contribution >= 0.6 is 11.6 Å². The number of likely N-dealkylation sites (tertiary alicyclic amines) is 1. The highest BCUT2D eigenvalue weighted by Crippen LogP contribution is 2.34. The van der Waals surface area contributed by atoms with Crippen LogP contribution in [0.15, 0.2) is 12.1 Å². The predicted molar refractivity (Wildman–Crippen MR) is 84.6 cm³/mol. The van der Waals surface area contributed by atoms with Crippen molar-refractivity contribution in [2.45, 2.75) is 39.3 Å². The first-order valence-corrected chi connectivity index (χ1v) is 8.19. The Labute approximate surface area is 134 Å². The molecule has 22 heavy (non-hydrogen) atoms. The summed E-state index contributed by atoms with van der Waals surface area (Å²) < 4.78 is 7.90. The van der Waals surface area contributed by atoms with Gasteiger partial charge < -0.3 is 4.74 Å². The smallest absolute Gasteiger partial charge is 0.175 e. The fourth-order valence-corrected chi connectivity index (χ4v) is 3.38. The van der Waals surface area contributed by atoms with Crippen molar-refractivity contribution in [1.82, 2.24) is 19.7 Å². The van der Waals surface area contributed by atoms with Crippen molar-refractivity contribution < 1.29 is 4.74 Å². The lowest BCUT2D eigenvalue weighted by atomic mass is 10.1. The van der Waals surface area contributed by atoms with Gasteiger partial charge >= 0.3 is 0 Å². The number of halogens is 1. The summed E-state index contributed by atoms with van der Waals surface area (Å²) in [5.74, 6) is 2.66. The van der Waals surface area contributed by atoms with Crippen molar-refractivity contribution in [2.75, 3.05) is 13.1 Å². The van der Waals surface area contributed by atoms with E-state index in [0.29, 0.717) is 6.61 Å². The van der Waals surface area contributed by atoms with Crippen molar-refractivity contribution in [3.63, 3.8) is 0 Å². The van der Waals surface area contributed by atoms with Gasteiger partial charge in [-0.3, -0.25) is 9.47 Å². The minimum atomic E-state index is 0.444. The van der Waals surface area contributed by atoms with E-state index in [1.54, 1.807) is 0 Å². The Morgan fingerprint density at radius 3 is 2.82 bits per heavy atom. The summed E-state index contributed by atoms with van der Waals surface area (Å²) in [6, 6.07) is 3.95. The zero-order chi connectivity index (χ0) is 15.1. The number of fused-ring (bicyclic) bond motifs is 3. The molecule has 0 saturated carbocycles. The molecular weight excluding hydrogens is 300 g/mol. The van der Waals surface area contributed by atoms with Crippen LogP contribution in [0.25, 0.3) is 5.69 Å². The van der Waals surface area contributed by atoms with Gasteiger partial charge in [0.25, 0.3) is 0 Å². The van der Waals surface area contributed by atoms with E-state index in [0.717, 1.165) is 53.3 Å². The first-order chi connectivity index (χ1) is 10.7. The van der Waals surface area contributed by atoms with E-state index < -0.39 is 0 Å². The van der Waals surface area contributed by atoms with Crippen molar-refractivity contribution in [2.24, 2.45) is 0 Å². The van der Waals surface area contributed by atoms with Crippen molar-refractivity contribution in [3.8, 4) is 11.4 Å². The predicted octanol–water partition coefficient (Wildman–Crippen LogP) is 3.11. The molecule has 116 valence electrons. The van der Waals surface area contributed by atoms with Crippen LogP contribution in [0.2, 0.25) is 5.02 Å². The topological polar surface area (TPSA) is 43.2 Å². The number of benzene rings is 1. The number of hydrogen-bond donors (Lipinski definition) is 0. The Bertz CT molecular complexity index is 706. The summed E-state index contributed by atoms with van der Waals surface area (Å²) in [4.78, 5) is 2.46. The van der Waals surface area contributed by atoms with E-state index in [2.05, 4.69) is 25.7 Å². The second-order valence-corrected chi connectivity index (χ2v) is 6.47. The van der Waals surface area contributed by atoms with Gasteiger partial charge in [0.1, 0.15) is 12.4 Å². The van der Waals surface area contributed by atoms with Crippen molar-refractivity contribution in [1.29, 1.82) is 0 Å². The Hall–Kier alpha value is -1.59. The molecule has 0 radical (unpaired) electrons. The average Bonchev–Trinajstić information content (AvgIpc) is 2.93. The highest BCUT2D eigenvalue weighted by atomic mass is 35.5. The van der Waals surface area contributed by atoms with Gasteiger partial charge in [-0.25, -0.2) is 0 Å². The normalized spacial score (nSPS) is 17.7. The van der Waals surface area contributed by atoms with Crippen LogP contribution in [0.3, 0.4) is 0 Å². The lowest BCUT2D eigenvalue weighted by molar-refractivity contribution is 0.213. The number of rotatable bonds is 2. The molecule has 5 nitrogen and oxygen atoms in total. The molecule has 1 fully saturated rings. The zero-order valence-electron chi connectivity index (χ0n) is 12.7. The third kappa shape index (κ3) is 2.38. The molecule has 0 unspecified atom stereocenters. The Balaban J connectivity index is 1.72. The quantitative estimate of drug-likeness (QED) is 0.853. The van der Waals surface area contributed by atoms with Crippen LogP contribution in [0, 0.1) is 6.92 Å². The number of ether oxygens (including phenoxy) is 1. The Kier molecular flexibility index (Phi) is 3.54. The summed E-state index contributed by atoms with van der Waals surface area (Å²) in [5.41, 5.74) is 2.04. The third-order valence-electron chi connectivity index (χ3n) is 4.45. The number of nitrogens with zero attached hydrogens (tertiary/aromatic N) is 4. The van der Waals surface area contributed by atoms with Crippen molar-refractivity contribution >= 4 is 11.6 Å². The molecule has 1 aromatic carbocycles. The van der Waals surface area contributed by atoms with E-state index in [4.69, 9.17) is 16.3 Å². The molecule has 2 aliphatic rings. The van der Waals surface area contributed by atoms with Gasteiger partial charge in [-0.1, -0.05) is 18.0 Å². The lowest BCUT2D eigenvalue weighted by Gasteiger charge is -2.27. The number of aryl methyl sites for hydroxylation is 1. The summed E-state index contributed by atoms with van der Waals surface area (Å²) in [5, 5.41) is 9.43. The molecule has 1 saturated heterocycles. The van der Waals surface area contributed by atoms with Gasteiger partial charge in [-0.2, -0.15) is 0 Å². The Morgan fingerprint density at radius 2 is 2.00 bits per heavy atom. The molecule has 0 atom stereocenters. The summed E-state index contributed by atoms with van der Waals surface area (Å²) in [6.07, 6.45) is 3.88. The van der Waals surface area contributed by atoms with E-state index in [1.807, 2.05) is 13.0 Å². The highest BCUT2D eigenvalue weighted by Gasteiger charge is 2.24.